The third-order valence-electron chi connectivity index (χ3n) is 4.07. The molecule has 0 heterocycles. The summed E-state index contributed by atoms with van der Waals surface area (Å²) in [7, 11) is 0. The number of carbonyl (C=O) groups is 1. The molecule has 108 valence electrons. The average Bonchev–Trinajstić information content (AvgIpc) is 2.87. The molecule has 0 amide bonds. The van der Waals surface area contributed by atoms with Crippen LogP contribution in [0.5, 0.6) is 0 Å². The summed E-state index contributed by atoms with van der Waals surface area (Å²) < 4.78 is 5.39. The van der Waals surface area contributed by atoms with Crippen molar-refractivity contribution < 1.29 is 9.53 Å². The van der Waals surface area contributed by atoms with E-state index in [-0.39, 0.29) is 6.61 Å². The van der Waals surface area contributed by atoms with Crippen molar-refractivity contribution in [3.8, 4) is 6.07 Å². The van der Waals surface area contributed by atoms with Crippen molar-refractivity contribution in [3.63, 3.8) is 0 Å². The Balaban J connectivity index is 1.82. The van der Waals surface area contributed by atoms with Gasteiger partial charge in [0.25, 0.3) is 0 Å². The van der Waals surface area contributed by atoms with E-state index in [1.807, 2.05) is 54.6 Å². The van der Waals surface area contributed by atoms with Crippen LogP contribution in [-0.4, -0.2) is 5.97 Å². The van der Waals surface area contributed by atoms with Crippen LogP contribution in [0, 0.1) is 16.7 Å². The van der Waals surface area contributed by atoms with Crippen molar-refractivity contribution in [3.05, 3.63) is 77.9 Å². The van der Waals surface area contributed by atoms with Gasteiger partial charge in [0.15, 0.2) is 5.41 Å². The van der Waals surface area contributed by atoms with Gasteiger partial charge in [0.05, 0.1) is 6.07 Å². The minimum Gasteiger partial charge on any atom is -0.459 e. The first kappa shape index (κ1) is 14.1. The maximum absolute atomic E-state index is 12.5. The molecule has 1 atom stereocenters. The fourth-order valence-electron chi connectivity index (χ4n) is 2.79. The van der Waals surface area contributed by atoms with E-state index in [1.165, 1.54) is 0 Å². The molecule has 2 aromatic rings. The zero-order chi connectivity index (χ0) is 15.6. The zero-order valence-corrected chi connectivity index (χ0v) is 12.1. The summed E-state index contributed by atoms with van der Waals surface area (Å²) in [6.07, 6.45) is 0.326. The summed E-state index contributed by atoms with van der Waals surface area (Å²) in [6.45, 7) is 4.13. The summed E-state index contributed by atoms with van der Waals surface area (Å²) >= 11 is 0. The van der Waals surface area contributed by atoms with E-state index in [9.17, 15) is 10.1 Å². The first-order valence-corrected chi connectivity index (χ1v) is 7.07. The Morgan fingerprint density at radius 3 is 2.55 bits per heavy atom. The Morgan fingerprint density at radius 1 is 1.18 bits per heavy atom. The van der Waals surface area contributed by atoms with Crippen LogP contribution in [0.15, 0.2) is 61.2 Å². The molecule has 0 bridgehead atoms. The van der Waals surface area contributed by atoms with Crippen LogP contribution in [0.1, 0.15) is 16.7 Å². The van der Waals surface area contributed by atoms with Crippen molar-refractivity contribution in [1.29, 1.82) is 5.26 Å². The second-order valence-electron chi connectivity index (χ2n) is 5.39. The summed E-state index contributed by atoms with van der Waals surface area (Å²) in [5, 5.41) is 9.62. The van der Waals surface area contributed by atoms with Crippen LogP contribution in [0.2, 0.25) is 0 Å². The summed E-state index contributed by atoms with van der Waals surface area (Å²) in [4.78, 5) is 12.5. The van der Waals surface area contributed by atoms with Gasteiger partial charge in [-0.1, -0.05) is 61.2 Å². The van der Waals surface area contributed by atoms with Gasteiger partial charge in [0.2, 0.25) is 0 Å². The molecule has 1 aliphatic rings. The van der Waals surface area contributed by atoms with Gasteiger partial charge < -0.3 is 4.74 Å². The minimum atomic E-state index is -1.31. The van der Waals surface area contributed by atoms with Gasteiger partial charge >= 0.3 is 5.97 Å². The van der Waals surface area contributed by atoms with Gasteiger partial charge in [-0.15, -0.1) is 0 Å². The van der Waals surface area contributed by atoms with Gasteiger partial charge in [0, 0.05) is 6.42 Å². The van der Waals surface area contributed by atoms with E-state index in [4.69, 9.17) is 4.74 Å². The molecular formula is C19H15NO2. The molecule has 1 aliphatic carbocycles. The van der Waals surface area contributed by atoms with E-state index in [0.29, 0.717) is 12.0 Å². The second kappa shape index (κ2) is 5.50. The number of esters is 1. The van der Waals surface area contributed by atoms with Crippen molar-refractivity contribution in [2.45, 2.75) is 13.0 Å². The number of hydrogen-bond acceptors (Lipinski definition) is 3. The molecule has 22 heavy (non-hydrogen) atoms. The molecule has 0 spiro atoms. The lowest BCUT2D eigenvalue weighted by atomic mass is 9.83. The Labute approximate surface area is 129 Å². The first-order valence-electron chi connectivity index (χ1n) is 7.07. The molecule has 3 heteroatoms. The number of nitrogens with zero attached hydrogens (tertiary/aromatic N) is 1. The predicted molar refractivity (Wildman–Crippen MR) is 83.5 cm³/mol. The molecule has 3 nitrogen and oxygen atoms in total. The van der Waals surface area contributed by atoms with Crippen LogP contribution in [0.4, 0.5) is 0 Å². The van der Waals surface area contributed by atoms with Crippen LogP contribution in [0.3, 0.4) is 0 Å². The topological polar surface area (TPSA) is 50.1 Å². The third-order valence-corrected chi connectivity index (χ3v) is 4.07. The van der Waals surface area contributed by atoms with E-state index in [0.717, 1.165) is 16.7 Å². The standard InChI is InChI=1S/C19H15NO2/c1-14-17-10-6-5-9-16(17)11-19(14,13-20)18(21)22-12-15-7-3-2-4-8-15/h2-10H,1,11-12H2. The SMILES string of the molecule is C=C1c2ccccc2CC1(C#N)C(=O)OCc1ccccc1. The predicted octanol–water partition coefficient (Wildman–Crippen LogP) is 3.51. The number of fused-ring (bicyclic) bond motifs is 1. The lowest BCUT2D eigenvalue weighted by Crippen LogP contribution is -2.31. The highest BCUT2D eigenvalue weighted by atomic mass is 16.5. The lowest BCUT2D eigenvalue weighted by Gasteiger charge is -2.20. The monoisotopic (exact) mass is 289 g/mol. The van der Waals surface area contributed by atoms with Crippen molar-refractivity contribution in [2.24, 2.45) is 5.41 Å². The molecule has 0 radical (unpaired) electrons. The summed E-state index contributed by atoms with van der Waals surface area (Å²) in [5.41, 5.74) is 1.96. The summed E-state index contributed by atoms with van der Waals surface area (Å²) in [5.74, 6) is -0.528. The first-order chi connectivity index (χ1) is 10.7. The Morgan fingerprint density at radius 2 is 1.86 bits per heavy atom. The largest absolute Gasteiger partial charge is 0.459 e. The fraction of sp³-hybridized carbons (Fsp3) is 0.158. The molecule has 0 fully saturated rings. The molecule has 1 unspecified atom stereocenters. The molecule has 0 aromatic heterocycles. The molecule has 0 aliphatic heterocycles. The number of benzene rings is 2. The van der Waals surface area contributed by atoms with Crippen LogP contribution >= 0.6 is 0 Å². The highest BCUT2D eigenvalue weighted by Crippen LogP contribution is 2.46. The molecule has 2 aromatic carbocycles. The molecule has 0 saturated heterocycles. The molecule has 0 N–H and O–H groups in total. The molecular weight excluding hydrogens is 274 g/mol. The highest BCUT2D eigenvalue weighted by molar-refractivity contribution is 5.99. The Bertz CT molecular complexity index is 774. The highest BCUT2D eigenvalue weighted by Gasteiger charge is 2.49. The third kappa shape index (κ3) is 2.19. The van der Waals surface area contributed by atoms with Gasteiger partial charge in [-0.2, -0.15) is 5.26 Å². The van der Waals surface area contributed by atoms with Crippen molar-refractivity contribution in [1.82, 2.24) is 0 Å². The average molecular weight is 289 g/mol. The smallest absolute Gasteiger partial charge is 0.331 e. The number of rotatable bonds is 3. The number of nitriles is 1. The lowest BCUT2D eigenvalue weighted by molar-refractivity contribution is -0.150. The van der Waals surface area contributed by atoms with E-state index >= 15 is 0 Å². The van der Waals surface area contributed by atoms with E-state index in [2.05, 4.69) is 12.6 Å². The summed E-state index contributed by atoms with van der Waals surface area (Å²) in [6, 6.07) is 19.2. The van der Waals surface area contributed by atoms with Crippen LogP contribution in [0.25, 0.3) is 5.57 Å². The number of hydrogen-bond donors (Lipinski definition) is 0. The fourth-order valence-corrected chi connectivity index (χ4v) is 2.79. The second-order valence-corrected chi connectivity index (χ2v) is 5.39. The van der Waals surface area contributed by atoms with Gasteiger partial charge in [-0.3, -0.25) is 0 Å². The van der Waals surface area contributed by atoms with Gasteiger partial charge in [0.1, 0.15) is 6.61 Å². The van der Waals surface area contributed by atoms with E-state index in [1.54, 1.807) is 0 Å². The molecule has 0 saturated carbocycles. The van der Waals surface area contributed by atoms with Crippen LogP contribution in [-0.2, 0) is 22.6 Å². The Kier molecular flexibility index (Phi) is 3.52. The number of ether oxygens (including phenoxy) is 1. The van der Waals surface area contributed by atoms with Gasteiger partial charge in [-0.25, -0.2) is 4.79 Å². The van der Waals surface area contributed by atoms with Crippen molar-refractivity contribution in [2.75, 3.05) is 0 Å². The normalized spacial score (nSPS) is 19.3. The minimum absolute atomic E-state index is 0.159. The maximum atomic E-state index is 12.5. The van der Waals surface area contributed by atoms with Crippen LogP contribution < -0.4 is 0 Å². The number of carbonyl (C=O) groups excluding carboxylic acids is 1. The van der Waals surface area contributed by atoms with Gasteiger partial charge in [-0.05, 0) is 22.3 Å². The Hall–Kier alpha value is -2.86. The molecule has 3 rings (SSSR count). The zero-order valence-electron chi connectivity index (χ0n) is 12.1. The van der Waals surface area contributed by atoms with Crippen molar-refractivity contribution >= 4 is 11.5 Å². The maximum Gasteiger partial charge on any atom is 0.331 e. The quantitative estimate of drug-likeness (QED) is 0.812. The van der Waals surface area contributed by atoms with E-state index < -0.39 is 11.4 Å².